The van der Waals surface area contributed by atoms with Crippen molar-refractivity contribution >= 4 is 35.2 Å². The standard InChI is InChI=1S/C29H25N5O5/c1-38-25-11-10-22(15-26(25)39-2)31-27-28-30-12-13-33(28)17-24(32-27)21-4-3-5-23(14-21)34(18-35)16-19-6-8-20(9-7-19)29(36)37/h3-15,17-18H,16H2,1-2H3,(H,31,32)(H,36,37). The van der Waals surface area contributed by atoms with Gasteiger partial charge in [0.05, 0.1) is 32.0 Å². The quantitative estimate of drug-likeness (QED) is 0.245. The Morgan fingerprint density at radius 3 is 2.56 bits per heavy atom. The Morgan fingerprint density at radius 1 is 1.05 bits per heavy atom. The van der Waals surface area contributed by atoms with Gasteiger partial charge in [-0.2, -0.15) is 0 Å². The normalized spacial score (nSPS) is 10.7. The third-order valence-corrected chi connectivity index (χ3v) is 6.17. The molecule has 0 bridgehead atoms. The Hall–Kier alpha value is -5.38. The number of aromatic carboxylic acids is 1. The highest BCUT2D eigenvalue weighted by molar-refractivity contribution is 5.87. The van der Waals surface area contributed by atoms with E-state index < -0.39 is 5.97 Å². The van der Waals surface area contributed by atoms with Gasteiger partial charge in [-0.25, -0.2) is 14.8 Å². The molecule has 0 saturated heterocycles. The van der Waals surface area contributed by atoms with Crippen molar-refractivity contribution in [2.45, 2.75) is 6.54 Å². The summed E-state index contributed by atoms with van der Waals surface area (Å²) >= 11 is 0. The van der Waals surface area contributed by atoms with Crippen molar-refractivity contribution in [3.05, 3.63) is 96.4 Å². The number of carbonyl (C=O) groups is 2. The zero-order valence-corrected chi connectivity index (χ0v) is 21.2. The topological polar surface area (TPSA) is 118 Å². The van der Waals surface area contributed by atoms with Crippen LogP contribution in [0.15, 0.2) is 85.3 Å². The third-order valence-electron chi connectivity index (χ3n) is 6.17. The Labute approximate surface area is 224 Å². The van der Waals surface area contributed by atoms with E-state index in [4.69, 9.17) is 19.6 Å². The van der Waals surface area contributed by atoms with Crippen LogP contribution in [-0.2, 0) is 11.3 Å². The first kappa shape index (κ1) is 25.3. The van der Waals surface area contributed by atoms with Crippen LogP contribution in [0.2, 0.25) is 0 Å². The summed E-state index contributed by atoms with van der Waals surface area (Å²) in [4.78, 5) is 34.0. The number of fused-ring (bicyclic) bond motifs is 1. The number of imidazole rings is 1. The van der Waals surface area contributed by atoms with E-state index in [0.29, 0.717) is 34.3 Å². The fourth-order valence-electron chi connectivity index (χ4n) is 4.19. The fourth-order valence-corrected chi connectivity index (χ4v) is 4.19. The summed E-state index contributed by atoms with van der Waals surface area (Å²) in [7, 11) is 3.16. The van der Waals surface area contributed by atoms with E-state index in [9.17, 15) is 9.59 Å². The molecule has 0 unspecified atom stereocenters. The number of hydrogen-bond donors (Lipinski definition) is 2. The zero-order chi connectivity index (χ0) is 27.4. The van der Waals surface area contributed by atoms with Crippen LogP contribution in [-0.4, -0.2) is 46.1 Å². The van der Waals surface area contributed by atoms with Crippen LogP contribution < -0.4 is 19.7 Å². The minimum atomic E-state index is -0.996. The number of carboxylic acids is 1. The highest BCUT2D eigenvalue weighted by Crippen LogP contribution is 2.32. The summed E-state index contributed by atoms with van der Waals surface area (Å²) < 4.78 is 12.6. The number of rotatable bonds is 10. The van der Waals surface area contributed by atoms with E-state index in [-0.39, 0.29) is 12.1 Å². The van der Waals surface area contributed by atoms with Crippen molar-refractivity contribution in [2.75, 3.05) is 24.4 Å². The average molecular weight is 524 g/mol. The molecule has 0 aliphatic rings. The first-order valence-corrected chi connectivity index (χ1v) is 12.0. The van der Waals surface area contributed by atoms with Crippen molar-refractivity contribution in [1.29, 1.82) is 0 Å². The van der Waals surface area contributed by atoms with Crippen LogP contribution >= 0.6 is 0 Å². The second kappa shape index (κ2) is 10.9. The maximum atomic E-state index is 12.0. The molecule has 2 aromatic heterocycles. The molecule has 1 amide bonds. The number of nitrogens with one attached hydrogen (secondary N) is 1. The van der Waals surface area contributed by atoms with E-state index >= 15 is 0 Å². The first-order chi connectivity index (χ1) is 19.0. The summed E-state index contributed by atoms with van der Waals surface area (Å²) in [5.41, 5.74) is 4.52. The molecule has 3 aromatic carbocycles. The Kier molecular flexibility index (Phi) is 7.09. The maximum Gasteiger partial charge on any atom is 0.335 e. The van der Waals surface area contributed by atoms with E-state index in [0.717, 1.165) is 23.2 Å². The molecule has 0 aliphatic carbocycles. The number of carbonyl (C=O) groups excluding carboxylic acids is 1. The first-order valence-electron chi connectivity index (χ1n) is 12.0. The van der Waals surface area contributed by atoms with E-state index in [1.165, 1.54) is 12.1 Å². The predicted octanol–water partition coefficient (Wildman–Crippen LogP) is 5.02. The average Bonchev–Trinajstić information content (AvgIpc) is 3.45. The molecule has 0 radical (unpaired) electrons. The molecule has 2 heterocycles. The Balaban J connectivity index is 1.46. The number of benzene rings is 3. The molecule has 0 spiro atoms. The maximum absolute atomic E-state index is 12.0. The highest BCUT2D eigenvalue weighted by atomic mass is 16.5. The lowest BCUT2D eigenvalue weighted by molar-refractivity contribution is -0.107. The summed E-state index contributed by atoms with van der Waals surface area (Å²) in [6.07, 6.45) is 6.15. The number of aromatic nitrogens is 3. The fraction of sp³-hybridized carbons (Fsp3) is 0.103. The van der Waals surface area contributed by atoms with Gasteiger partial charge < -0.3 is 29.2 Å². The van der Waals surface area contributed by atoms with E-state index in [1.807, 2.05) is 53.2 Å². The second-order valence-electron chi connectivity index (χ2n) is 8.61. The van der Waals surface area contributed by atoms with Crippen molar-refractivity contribution in [1.82, 2.24) is 14.4 Å². The number of methoxy groups -OCH3 is 2. The molecule has 0 fully saturated rings. The van der Waals surface area contributed by atoms with Crippen LogP contribution in [0.25, 0.3) is 16.9 Å². The third kappa shape index (κ3) is 5.35. The molecular formula is C29H25N5O5. The van der Waals surface area contributed by atoms with Gasteiger partial charge in [-0.3, -0.25) is 4.79 Å². The van der Waals surface area contributed by atoms with Crippen LogP contribution in [0.4, 0.5) is 17.2 Å². The number of carboxylic acid groups (broad SMARTS) is 1. The van der Waals surface area contributed by atoms with Gasteiger partial charge >= 0.3 is 5.97 Å². The molecule has 5 aromatic rings. The number of amides is 1. The van der Waals surface area contributed by atoms with E-state index in [2.05, 4.69) is 10.3 Å². The molecule has 0 aliphatic heterocycles. The van der Waals surface area contributed by atoms with E-state index in [1.54, 1.807) is 43.5 Å². The van der Waals surface area contributed by atoms with Crippen molar-refractivity contribution in [3.8, 4) is 22.8 Å². The van der Waals surface area contributed by atoms with Crippen LogP contribution in [0, 0.1) is 0 Å². The lowest BCUT2D eigenvalue weighted by Gasteiger charge is -2.19. The zero-order valence-electron chi connectivity index (χ0n) is 21.2. The number of anilines is 3. The summed E-state index contributed by atoms with van der Waals surface area (Å²) in [6, 6.07) is 19.4. The molecule has 39 heavy (non-hydrogen) atoms. The summed E-state index contributed by atoms with van der Waals surface area (Å²) in [5, 5.41) is 12.5. The minimum absolute atomic E-state index is 0.192. The van der Waals surface area contributed by atoms with Gasteiger partial charge in [0.15, 0.2) is 23.0 Å². The Morgan fingerprint density at radius 2 is 1.85 bits per heavy atom. The van der Waals surface area contributed by atoms with Crippen molar-refractivity contribution < 1.29 is 24.2 Å². The predicted molar refractivity (Wildman–Crippen MR) is 147 cm³/mol. The smallest absolute Gasteiger partial charge is 0.335 e. The van der Waals surface area contributed by atoms with Gasteiger partial charge in [-0.1, -0.05) is 24.3 Å². The molecule has 0 saturated carbocycles. The molecule has 5 rings (SSSR count). The van der Waals surface area contributed by atoms with Gasteiger partial charge in [-0.05, 0) is 42.0 Å². The molecule has 10 heteroatoms. The highest BCUT2D eigenvalue weighted by Gasteiger charge is 2.14. The van der Waals surface area contributed by atoms with Crippen LogP contribution in [0.5, 0.6) is 11.5 Å². The van der Waals surface area contributed by atoms with Crippen molar-refractivity contribution in [3.63, 3.8) is 0 Å². The lowest BCUT2D eigenvalue weighted by Crippen LogP contribution is -2.20. The summed E-state index contributed by atoms with van der Waals surface area (Å²) in [6.45, 7) is 0.285. The number of nitrogens with zero attached hydrogens (tertiary/aromatic N) is 4. The van der Waals surface area contributed by atoms with Gasteiger partial charge in [0.2, 0.25) is 6.41 Å². The van der Waals surface area contributed by atoms with Gasteiger partial charge in [0, 0.05) is 41.6 Å². The lowest BCUT2D eigenvalue weighted by atomic mass is 10.1. The molecule has 0 atom stereocenters. The van der Waals surface area contributed by atoms with Crippen molar-refractivity contribution in [2.24, 2.45) is 0 Å². The second-order valence-corrected chi connectivity index (χ2v) is 8.61. The monoisotopic (exact) mass is 523 g/mol. The van der Waals surface area contributed by atoms with Gasteiger partial charge in [0.1, 0.15) is 0 Å². The summed E-state index contributed by atoms with van der Waals surface area (Å²) in [5.74, 6) is 0.743. The molecular weight excluding hydrogens is 498 g/mol. The Bertz CT molecular complexity index is 1650. The molecule has 10 nitrogen and oxygen atoms in total. The molecule has 2 N–H and O–H groups in total. The van der Waals surface area contributed by atoms with Gasteiger partial charge in [0.25, 0.3) is 0 Å². The van der Waals surface area contributed by atoms with Gasteiger partial charge in [-0.15, -0.1) is 0 Å². The SMILES string of the molecule is COc1ccc(Nc2nc(-c3cccc(N(C=O)Cc4ccc(C(=O)O)cc4)c3)cn3ccnc23)cc1OC. The minimum Gasteiger partial charge on any atom is -0.493 e. The number of hydrogen-bond acceptors (Lipinski definition) is 7. The van der Waals surface area contributed by atoms with Crippen LogP contribution in [0.1, 0.15) is 15.9 Å². The van der Waals surface area contributed by atoms with Crippen LogP contribution in [0.3, 0.4) is 0 Å². The number of ether oxygens (including phenoxy) is 2. The largest absolute Gasteiger partial charge is 0.493 e. The molecule has 196 valence electrons.